The van der Waals surface area contributed by atoms with Crippen LogP contribution < -0.4 is 0 Å². The van der Waals surface area contributed by atoms with E-state index in [9.17, 15) is 0 Å². The second kappa shape index (κ2) is 6.88. The van der Waals surface area contributed by atoms with Crippen molar-refractivity contribution in [1.82, 2.24) is 0 Å². The highest BCUT2D eigenvalue weighted by Crippen LogP contribution is 2.67. The van der Waals surface area contributed by atoms with Crippen molar-refractivity contribution in [2.75, 3.05) is 0 Å². The molecule has 0 aliphatic heterocycles. The van der Waals surface area contributed by atoms with E-state index in [1.54, 1.807) is 0 Å². The van der Waals surface area contributed by atoms with Gasteiger partial charge in [-0.2, -0.15) is 0 Å². The molecule has 4 fully saturated rings. The molecule has 0 nitrogen and oxygen atoms in total. The smallest absolute Gasteiger partial charge is 0.0437 e. The normalized spacial score (nSPS) is 30.7. The van der Waals surface area contributed by atoms with Gasteiger partial charge in [-0.3, -0.25) is 0 Å². The van der Waals surface area contributed by atoms with Crippen LogP contribution in [0.1, 0.15) is 71.4 Å². The average Bonchev–Trinajstić information content (AvgIpc) is 2.77. The molecule has 6 rings (SSSR count). The van der Waals surface area contributed by atoms with E-state index in [2.05, 4.69) is 47.9 Å². The largest absolute Gasteiger partial charge is 0.115 e. The molecule has 4 aliphatic rings. The van der Waals surface area contributed by atoms with E-state index >= 15 is 0 Å². The Labute approximate surface area is 180 Å². The number of benzene rings is 2. The molecule has 0 heterocycles. The molecule has 4 bridgehead atoms. The lowest BCUT2D eigenvalue weighted by Gasteiger charge is -2.62. The van der Waals surface area contributed by atoms with E-state index in [4.69, 9.17) is 25.7 Å². The third-order valence-electron chi connectivity index (χ3n) is 7.94. The summed E-state index contributed by atoms with van der Waals surface area (Å²) in [5, 5.41) is 0. The Morgan fingerprint density at radius 1 is 0.700 bits per heavy atom. The fourth-order valence-electron chi connectivity index (χ4n) is 7.33. The van der Waals surface area contributed by atoms with Crippen LogP contribution >= 0.6 is 0 Å². The van der Waals surface area contributed by atoms with Crippen LogP contribution in [0.25, 0.3) is 0 Å². The molecular formula is C30H24. The number of rotatable bonds is 2. The molecule has 0 amide bonds. The first-order valence-corrected chi connectivity index (χ1v) is 10.8. The minimum atomic E-state index is -0.0257. The van der Waals surface area contributed by atoms with Crippen molar-refractivity contribution in [2.45, 2.75) is 43.4 Å². The maximum absolute atomic E-state index is 6.03. The van der Waals surface area contributed by atoms with Crippen molar-refractivity contribution >= 4 is 0 Å². The summed E-state index contributed by atoms with van der Waals surface area (Å²) >= 11 is 0. The van der Waals surface area contributed by atoms with E-state index in [0.717, 1.165) is 46.9 Å². The van der Waals surface area contributed by atoms with Gasteiger partial charge in [-0.1, -0.05) is 47.9 Å². The van der Waals surface area contributed by atoms with Crippen LogP contribution in [0.3, 0.4) is 0 Å². The molecule has 0 heteroatoms. The second-order valence-corrected chi connectivity index (χ2v) is 9.32. The van der Waals surface area contributed by atoms with Gasteiger partial charge in [0.1, 0.15) is 0 Å². The predicted octanol–water partition coefficient (Wildman–Crippen LogP) is 5.47. The summed E-state index contributed by atoms with van der Waals surface area (Å²) in [7, 11) is 0. The molecule has 2 aromatic carbocycles. The van der Waals surface area contributed by atoms with Gasteiger partial charge in [0.15, 0.2) is 0 Å². The standard InChI is InChI=1S/C30H24/c1-5-22-11-9-13-27(25(22)7-3)29-24-16-20-15-21(17-24)19-30(29,18-20)28-14-10-12-23(6-2)26(28)8-4/h1-4,9-14,20-21,24,29H,15-19H2. The van der Waals surface area contributed by atoms with Crippen molar-refractivity contribution in [2.24, 2.45) is 17.8 Å². The first-order valence-electron chi connectivity index (χ1n) is 10.8. The van der Waals surface area contributed by atoms with E-state index in [0.29, 0.717) is 11.8 Å². The fourth-order valence-corrected chi connectivity index (χ4v) is 7.33. The molecule has 3 unspecified atom stereocenters. The highest BCUT2D eigenvalue weighted by molar-refractivity contribution is 5.60. The monoisotopic (exact) mass is 384 g/mol. The third-order valence-corrected chi connectivity index (χ3v) is 7.94. The Balaban J connectivity index is 1.79. The molecule has 0 saturated heterocycles. The van der Waals surface area contributed by atoms with Gasteiger partial charge in [0.2, 0.25) is 0 Å². The molecular weight excluding hydrogens is 360 g/mol. The SMILES string of the molecule is C#Cc1cccc(C2C3CC4CC(C3)CC2(c2cccc(C#C)c2C#C)C4)c1C#C. The van der Waals surface area contributed by atoms with Crippen LogP contribution in [-0.4, -0.2) is 0 Å². The van der Waals surface area contributed by atoms with Crippen molar-refractivity contribution in [3.05, 3.63) is 69.8 Å². The van der Waals surface area contributed by atoms with E-state index < -0.39 is 0 Å². The van der Waals surface area contributed by atoms with E-state index in [-0.39, 0.29) is 5.41 Å². The van der Waals surface area contributed by atoms with Crippen molar-refractivity contribution in [1.29, 1.82) is 0 Å². The third kappa shape index (κ3) is 2.48. The molecule has 4 saturated carbocycles. The molecule has 30 heavy (non-hydrogen) atoms. The van der Waals surface area contributed by atoms with Gasteiger partial charge in [-0.25, -0.2) is 0 Å². The topological polar surface area (TPSA) is 0 Å². The molecule has 0 N–H and O–H groups in total. The zero-order chi connectivity index (χ0) is 20.9. The quantitative estimate of drug-likeness (QED) is 0.602. The first kappa shape index (κ1) is 18.7. The van der Waals surface area contributed by atoms with Gasteiger partial charge in [-0.05, 0) is 79.0 Å². The van der Waals surface area contributed by atoms with Crippen LogP contribution in [0.4, 0.5) is 0 Å². The molecule has 0 spiro atoms. The maximum Gasteiger partial charge on any atom is 0.0437 e. The number of hydrogen-bond donors (Lipinski definition) is 0. The summed E-state index contributed by atoms with van der Waals surface area (Å²) in [6.45, 7) is 0. The summed E-state index contributed by atoms with van der Waals surface area (Å²) in [6.07, 6.45) is 29.8. The summed E-state index contributed by atoms with van der Waals surface area (Å²) in [4.78, 5) is 0. The summed E-state index contributed by atoms with van der Waals surface area (Å²) in [6, 6.07) is 12.5. The summed E-state index contributed by atoms with van der Waals surface area (Å²) < 4.78 is 0. The van der Waals surface area contributed by atoms with Crippen LogP contribution in [0.15, 0.2) is 36.4 Å². The van der Waals surface area contributed by atoms with Gasteiger partial charge in [0.05, 0.1) is 0 Å². The highest BCUT2D eigenvalue weighted by atomic mass is 14.6. The Morgan fingerprint density at radius 2 is 1.30 bits per heavy atom. The zero-order valence-electron chi connectivity index (χ0n) is 17.1. The van der Waals surface area contributed by atoms with Crippen molar-refractivity contribution in [3.8, 4) is 49.4 Å². The van der Waals surface area contributed by atoms with Crippen LogP contribution in [-0.2, 0) is 5.41 Å². The van der Waals surface area contributed by atoms with Crippen LogP contribution in [0.5, 0.6) is 0 Å². The molecule has 0 radical (unpaired) electrons. The lowest BCUT2D eigenvalue weighted by molar-refractivity contribution is -0.0282. The average molecular weight is 385 g/mol. The predicted molar refractivity (Wildman–Crippen MR) is 123 cm³/mol. The molecule has 2 aromatic rings. The van der Waals surface area contributed by atoms with Gasteiger partial charge >= 0.3 is 0 Å². The number of hydrogen-bond acceptors (Lipinski definition) is 0. The van der Waals surface area contributed by atoms with Gasteiger partial charge in [0.25, 0.3) is 0 Å². The lowest BCUT2D eigenvalue weighted by Crippen LogP contribution is -2.54. The van der Waals surface area contributed by atoms with Crippen molar-refractivity contribution < 1.29 is 0 Å². The molecule has 0 aromatic heterocycles. The zero-order valence-corrected chi connectivity index (χ0v) is 17.1. The Hall–Kier alpha value is -3.32. The van der Waals surface area contributed by atoms with Crippen molar-refractivity contribution in [3.63, 3.8) is 0 Å². The molecule has 144 valence electrons. The summed E-state index contributed by atoms with van der Waals surface area (Å²) in [5.41, 5.74) is 5.86. The first-order chi connectivity index (χ1) is 14.6. The molecule has 4 aliphatic carbocycles. The molecule has 3 atom stereocenters. The van der Waals surface area contributed by atoms with Crippen LogP contribution in [0, 0.1) is 67.1 Å². The fraction of sp³-hybridized carbons (Fsp3) is 0.333. The number of terminal acetylenes is 4. The van der Waals surface area contributed by atoms with Gasteiger partial charge in [-0.15, -0.1) is 25.7 Å². The van der Waals surface area contributed by atoms with E-state index in [1.807, 2.05) is 12.1 Å². The minimum Gasteiger partial charge on any atom is -0.115 e. The minimum absolute atomic E-state index is 0.0257. The van der Waals surface area contributed by atoms with E-state index in [1.165, 1.54) is 30.4 Å². The Morgan fingerprint density at radius 3 is 1.90 bits per heavy atom. The Kier molecular flexibility index (Phi) is 4.29. The van der Waals surface area contributed by atoms with Gasteiger partial charge in [0, 0.05) is 27.7 Å². The van der Waals surface area contributed by atoms with Crippen LogP contribution in [0.2, 0.25) is 0 Å². The maximum atomic E-state index is 6.03. The highest BCUT2D eigenvalue weighted by Gasteiger charge is 2.58. The lowest BCUT2D eigenvalue weighted by atomic mass is 9.42. The van der Waals surface area contributed by atoms with Gasteiger partial charge < -0.3 is 0 Å². The summed E-state index contributed by atoms with van der Waals surface area (Å²) in [5.74, 6) is 13.9. The Bertz CT molecular complexity index is 1180. The second-order valence-electron chi connectivity index (χ2n) is 9.32.